The summed E-state index contributed by atoms with van der Waals surface area (Å²) in [5, 5.41) is 1.32. The molecular formula is C16H20Cl2N4. The van der Waals surface area contributed by atoms with Gasteiger partial charge in [-0.15, -0.1) is 0 Å². The van der Waals surface area contributed by atoms with Gasteiger partial charge in [-0.25, -0.2) is 4.98 Å². The fourth-order valence-electron chi connectivity index (χ4n) is 3.10. The van der Waals surface area contributed by atoms with Crippen molar-refractivity contribution in [1.82, 2.24) is 19.4 Å². The number of nitrogens with zero attached hydrogens (tertiary/aromatic N) is 4. The van der Waals surface area contributed by atoms with Gasteiger partial charge in [-0.2, -0.15) is 0 Å². The molecule has 0 amide bonds. The molecule has 0 aliphatic carbocycles. The van der Waals surface area contributed by atoms with Gasteiger partial charge in [0.2, 0.25) is 0 Å². The minimum Gasteiger partial charge on any atom is -0.337 e. The molecule has 0 spiro atoms. The second-order valence-electron chi connectivity index (χ2n) is 5.79. The van der Waals surface area contributed by atoms with Crippen LogP contribution in [0.1, 0.15) is 31.2 Å². The average Bonchev–Trinajstić information content (AvgIpc) is 3.03. The molecule has 22 heavy (non-hydrogen) atoms. The number of aryl methyl sites for hydroxylation is 1. The minimum absolute atomic E-state index is 0.566. The van der Waals surface area contributed by atoms with Gasteiger partial charge >= 0.3 is 0 Å². The smallest absolute Gasteiger partial charge is 0.0945 e. The highest BCUT2D eigenvalue weighted by molar-refractivity contribution is 6.35. The van der Waals surface area contributed by atoms with Crippen molar-refractivity contribution in [1.29, 1.82) is 0 Å². The Bertz CT molecular complexity index is 580. The van der Waals surface area contributed by atoms with Crippen LogP contribution in [0.5, 0.6) is 0 Å². The van der Waals surface area contributed by atoms with E-state index in [2.05, 4.69) is 19.4 Å². The molecule has 1 unspecified atom stereocenters. The Morgan fingerprint density at radius 1 is 1.14 bits per heavy atom. The molecule has 2 aromatic rings. The third-order valence-corrected chi connectivity index (χ3v) is 4.99. The lowest BCUT2D eigenvalue weighted by Crippen LogP contribution is -2.39. The monoisotopic (exact) mass is 338 g/mol. The fourth-order valence-corrected chi connectivity index (χ4v) is 3.59. The first kappa shape index (κ1) is 15.8. The summed E-state index contributed by atoms with van der Waals surface area (Å²) in [7, 11) is 0. The fraction of sp³-hybridized carbons (Fsp3) is 0.500. The lowest BCUT2D eigenvalue weighted by atomic mass is 9.98. The molecule has 0 saturated carbocycles. The van der Waals surface area contributed by atoms with Crippen LogP contribution in [-0.2, 0) is 13.1 Å². The number of hydrogen-bond donors (Lipinski definition) is 0. The zero-order valence-corrected chi connectivity index (χ0v) is 14.0. The summed E-state index contributed by atoms with van der Waals surface area (Å²) in [5.41, 5.74) is 0.993. The highest BCUT2D eigenvalue weighted by atomic mass is 35.5. The van der Waals surface area contributed by atoms with Crippen molar-refractivity contribution in [2.75, 3.05) is 6.54 Å². The van der Waals surface area contributed by atoms with Crippen molar-refractivity contribution in [3.8, 4) is 0 Å². The number of piperidine rings is 1. The van der Waals surface area contributed by atoms with Gasteiger partial charge in [0, 0.05) is 49.5 Å². The Kier molecular flexibility index (Phi) is 5.34. The SMILES string of the molecule is Clc1cncc(Cl)c1CN1CCCCC1CCn1ccnc1. The van der Waals surface area contributed by atoms with Crippen LogP contribution in [0.25, 0.3) is 0 Å². The summed E-state index contributed by atoms with van der Waals surface area (Å²) < 4.78 is 2.14. The van der Waals surface area contributed by atoms with Crippen molar-refractivity contribution < 1.29 is 0 Å². The van der Waals surface area contributed by atoms with Crippen molar-refractivity contribution in [3.63, 3.8) is 0 Å². The van der Waals surface area contributed by atoms with E-state index in [9.17, 15) is 0 Å². The second-order valence-corrected chi connectivity index (χ2v) is 6.61. The first-order valence-corrected chi connectivity index (χ1v) is 8.47. The lowest BCUT2D eigenvalue weighted by molar-refractivity contribution is 0.128. The molecule has 1 aliphatic heterocycles. The predicted molar refractivity (Wildman–Crippen MR) is 89.2 cm³/mol. The Balaban J connectivity index is 1.67. The van der Waals surface area contributed by atoms with E-state index in [1.54, 1.807) is 12.4 Å². The molecule has 0 N–H and O–H groups in total. The molecule has 1 fully saturated rings. The Morgan fingerprint density at radius 2 is 1.95 bits per heavy atom. The third-order valence-electron chi connectivity index (χ3n) is 4.34. The molecule has 3 rings (SSSR count). The largest absolute Gasteiger partial charge is 0.337 e. The standard InChI is InChI=1S/C16H20Cl2N4/c17-15-9-20-10-16(18)14(15)11-22-6-2-1-3-13(22)4-7-21-8-5-19-12-21/h5,8-10,12-13H,1-4,6-7,11H2. The van der Waals surface area contributed by atoms with Gasteiger partial charge in [-0.3, -0.25) is 9.88 Å². The summed E-state index contributed by atoms with van der Waals surface area (Å²) in [6.07, 6.45) is 14.0. The molecule has 0 radical (unpaired) electrons. The minimum atomic E-state index is 0.566. The molecule has 2 aromatic heterocycles. The van der Waals surface area contributed by atoms with Crippen LogP contribution in [0, 0.1) is 0 Å². The Hall–Kier alpha value is -1.10. The highest BCUT2D eigenvalue weighted by Gasteiger charge is 2.23. The van der Waals surface area contributed by atoms with E-state index >= 15 is 0 Å². The predicted octanol–water partition coefficient (Wildman–Crippen LogP) is 4.03. The molecular weight excluding hydrogens is 319 g/mol. The molecule has 3 heterocycles. The molecule has 0 bridgehead atoms. The van der Waals surface area contributed by atoms with Crippen molar-refractivity contribution in [2.24, 2.45) is 0 Å². The number of halogens is 2. The Morgan fingerprint density at radius 3 is 2.68 bits per heavy atom. The number of hydrogen-bond acceptors (Lipinski definition) is 3. The number of likely N-dealkylation sites (tertiary alicyclic amines) is 1. The maximum atomic E-state index is 6.27. The number of aromatic nitrogens is 3. The van der Waals surface area contributed by atoms with E-state index < -0.39 is 0 Å². The van der Waals surface area contributed by atoms with Crippen LogP contribution in [0.15, 0.2) is 31.1 Å². The van der Waals surface area contributed by atoms with Gasteiger partial charge in [0.1, 0.15) is 0 Å². The summed E-state index contributed by atoms with van der Waals surface area (Å²) >= 11 is 12.5. The van der Waals surface area contributed by atoms with Crippen LogP contribution < -0.4 is 0 Å². The van der Waals surface area contributed by atoms with Gasteiger partial charge in [0.25, 0.3) is 0 Å². The van der Waals surface area contributed by atoms with Crippen molar-refractivity contribution in [2.45, 2.75) is 44.8 Å². The highest BCUT2D eigenvalue weighted by Crippen LogP contribution is 2.28. The van der Waals surface area contributed by atoms with Gasteiger partial charge < -0.3 is 4.57 Å². The third kappa shape index (κ3) is 3.80. The van der Waals surface area contributed by atoms with Gasteiger partial charge in [0.05, 0.1) is 16.4 Å². The quantitative estimate of drug-likeness (QED) is 0.825. The van der Waals surface area contributed by atoms with Gasteiger partial charge in [-0.1, -0.05) is 29.6 Å². The molecule has 118 valence electrons. The van der Waals surface area contributed by atoms with E-state index in [1.807, 2.05) is 18.7 Å². The van der Waals surface area contributed by atoms with Crippen LogP contribution in [-0.4, -0.2) is 32.0 Å². The lowest BCUT2D eigenvalue weighted by Gasteiger charge is -2.36. The summed E-state index contributed by atoms with van der Waals surface area (Å²) in [5.74, 6) is 0. The van der Waals surface area contributed by atoms with Crippen LogP contribution >= 0.6 is 23.2 Å². The van der Waals surface area contributed by atoms with Gasteiger partial charge in [-0.05, 0) is 25.8 Å². The summed E-state index contributed by atoms with van der Waals surface area (Å²) in [6.45, 7) is 2.90. The van der Waals surface area contributed by atoms with E-state index in [-0.39, 0.29) is 0 Å². The summed E-state index contributed by atoms with van der Waals surface area (Å²) in [4.78, 5) is 10.6. The zero-order valence-electron chi connectivity index (χ0n) is 12.5. The van der Waals surface area contributed by atoms with E-state index in [0.717, 1.165) is 31.6 Å². The van der Waals surface area contributed by atoms with Crippen LogP contribution in [0.2, 0.25) is 10.0 Å². The molecule has 0 aromatic carbocycles. The Labute approximate surface area is 141 Å². The van der Waals surface area contributed by atoms with E-state index in [4.69, 9.17) is 23.2 Å². The zero-order chi connectivity index (χ0) is 15.4. The topological polar surface area (TPSA) is 34.0 Å². The van der Waals surface area contributed by atoms with E-state index in [1.165, 1.54) is 19.3 Å². The second kappa shape index (κ2) is 7.44. The maximum absolute atomic E-state index is 6.27. The summed E-state index contributed by atoms with van der Waals surface area (Å²) in [6, 6.07) is 0.566. The first-order chi connectivity index (χ1) is 10.7. The molecule has 1 saturated heterocycles. The number of imidazole rings is 1. The molecule has 1 aliphatic rings. The van der Waals surface area contributed by atoms with E-state index in [0.29, 0.717) is 16.1 Å². The van der Waals surface area contributed by atoms with Gasteiger partial charge in [0.15, 0.2) is 0 Å². The normalized spacial score (nSPS) is 19.5. The van der Waals surface area contributed by atoms with Crippen LogP contribution in [0.4, 0.5) is 0 Å². The maximum Gasteiger partial charge on any atom is 0.0945 e. The number of rotatable bonds is 5. The first-order valence-electron chi connectivity index (χ1n) is 7.71. The molecule has 4 nitrogen and oxygen atoms in total. The van der Waals surface area contributed by atoms with Crippen molar-refractivity contribution >= 4 is 23.2 Å². The average molecular weight is 339 g/mol. The number of pyridine rings is 1. The molecule has 6 heteroatoms. The molecule has 1 atom stereocenters. The van der Waals surface area contributed by atoms with Crippen LogP contribution in [0.3, 0.4) is 0 Å². The van der Waals surface area contributed by atoms with Crippen molar-refractivity contribution in [3.05, 3.63) is 46.7 Å².